The fourth-order valence-corrected chi connectivity index (χ4v) is 8.81. The van der Waals surface area contributed by atoms with Crippen molar-refractivity contribution >= 4 is 27.7 Å². The van der Waals surface area contributed by atoms with Crippen molar-refractivity contribution in [2.75, 3.05) is 0 Å². The van der Waals surface area contributed by atoms with Gasteiger partial charge in [-0.25, -0.2) is 0 Å². The Kier molecular flexibility index (Phi) is 5.53. The molecule has 0 spiro atoms. The van der Waals surface area contributed by atoms with Crippen LogP contribution in [0.25, 0.3) is 0 Å². The number of benzene rings is 2. The fraction of sp³-hybridized carbons (Fsp3) is 0.478. The third-order valence-corrected chi connectivity index (χ3v) is 14.1. The maximum atomic E-state index is 7.25. The summed E-state index contributed by atoms with van der Waals surface area (Å²) in [6.45, 7) is 16.0. The molecule has 2 aromatic carbocycles. The molecule has 1 heterocycles. The molecule has 2 atom stereocenters. The first-order chi connectivity index (χ1) is 12.5. The van der Waals surface area contributed by atoms with Gasteiger partial charge in [-0.2, -0.15) is 0 Å². The van der Waals surface area contributed by atoms with Crippen LogP contribution in [0.15, 0.2) is 60.7 Å². The SMILES string of the molecule is CC1(C)O[C@H](c2ccccc2)[C@@]1(O[Si](C)(C)C(C)(C)C)[Se]c1ccccc1. The third-order valence-electron chi connectivity index (χ3n) is 5.92. The topological polar surface area (TPSA) is 18.5 Å². The van der Waals surface area contributed by atoms with E-state index in [1.54, 1.807) is 0 Å². The number of hydrogen-bond donors (Lipinski definition) is 0. The van der Waals surface area contributed by atoms with Gasteiger partial charge < -0.3 is 0 Å². The second-order valence-corrected chi connectivity index (χ2v) is 16.8. The third kappa shape index (κ3) is 3.83. The van der Waals surface area contributed by atoms with Gasteiger partial charge in [0.1, 0.15) is 0 Å². The Morgan fingerprint density at radius 3 is 1.93 bits per heavy atom. The van der Waals surface area contributed by atoms with E-state index in [1.807, 2.05) is 0 Å². The summed E-state index contributed by atoms with van der Waals surface area (Å²) >= 11 is 0.131. The molecule has 0 N–H and O–H groups in total. The summed E-state index contributed by atoms with van der Waals surface area (Å²) in [5, 5.41) is 0.152. The first-order valence-corrected chi connectivity index (χ1v) is 14.3. The van der Waals surface area contributed by atoms with Gasteiger partial charge in [0, 0.05) is 0 Å². The molecule has 1 aliphatic heterocycles. The summed E-state index contributed by atoms with van der Waals surface area (Å²) in [6.07, 6.45) is -0.0250. The summed E-state index contributed by atoms with van der Waals surface area (Å²) in [5.74, 6) is 0. The fourth-order valence-electron chi connectivity index (χ4n) is 3.20. The normalized spacial score (nSPS) is 25.1. The van der Waals surface area contributed by atoms with Crippen LogP contribution in [0.1, 0.15) is 46.3 Å². The summed E-state index contributed by atoms with van der Waals surface area (Å²) in [7, 11) is -1.99. The monoisotopic (exact) mass is 448 g/mol. The van der Waals surface area contributed by atoms with Gasteiger partial charge in [-0.3, -0.25) is 0 Å². The number of hydrogen-bond acceptors (Lipinski definition) is 2. The van der Waals surface area contributed by atoms with E-state index in [-0.39, 0.29) is 36.2 Å². The Hall–Kier alpha value is -0.904. The van der Waals surface area contributed by atoms with Crippen LogP contribution < -0.4 is 4.46 Å². The van der Waals surface area contributed by atoms with Crippen LogP contribution >= 0.6 is 0 Å². The molecule has 146 valence electrons. The zero-order chi connectivity index (χ0) is 19.9. The van der Waals surface area contributed by atoms with E-state index in [2.05, 4.69) is 108 Å². The van der Waals surface area contributed by atoms with Gasteiger partial charge >= 0.3 is 172 Å². The van der Waals surface area contributed by atoms with Crippen LogP contribution in [0.5, 0.6) is 0 Å². The van der Waals surface area contributed by atoms with Gasteiger partial charge in [-0.05, 0) is 0 Å². The van der Waals surface area contributed by atoms with E-state index in [0.29, 0.717) is 0 Å². The van der Waals surface area contributed by atoms with Crippen molar-refractivity contribution in [2.45, 2.75) is 69.0 Å². The summed E-state index contributed by atoms with van der Waals surface area (Å²) in [6, 6.07) is 21.4. The predicted molar refractivity (Wildman–Crippen MR) is 117 cm³/mol. The van der Waals surface area contributed by atoms with Crippen molar-refractivity contribution in [3.8, 4) is 0 Å². The molecule has 0 radical (unpaired) electrons. The van der Waals surface area contributed by atoms with Crippen molar-refractivity contribution in [3.63, 3.8) is 0 Å². The van der Waals surface area contributed by atoms with Crippen molar-refractivity contribution < 1.29 is 9.16 Å². The Bertz CT molecular complexity index is 768. The molecule has 2 aromatic rings. The van der Waals surface area contributed by atoms with Gasteiger partial charge in [0.25, 0.3) is 0 Å². The first-order valence-electron chi connectivity index (χ1n) is 9.66. The summed E-state index contributed by atoms with van der Waals surface area (Å²) in [4.78, 5) is 0. The van der Waals surface area contributed by atoms with E-state index in [9.17, 15) is 0 Å². The van der Waals surface area contributed by atoms with Crippen LogP contribution in [-0.4, -0.2) is 33.4 Å². The molecule has 0 bridgehead atoms. The van der Waals surface area contributed by atoms with Crippen LogP contribution in [-0.2, 0) is 9.16 Å². The summed E-state index contributed by atoms with van der Waals surface area (Å²) in [5.41, 5.74) is 0.895. The molecular formula is C23H32O2SeSi. The van der Waals surface area contributed by atoms with Crippen LogP contribution in [0, 0.1) is 0 Å². The number of rotatable bonds is 5. The van der Waals surface area contributed by atoms with Crippen molar-refractivity contribution in [1.29, 1.82) is 0 Å². The van der Waals surface area contributed by atoms with Crippen molar-refractivity contribution in [2.24, 2.45) is 0 Å². The van der Waals surface area contributed by atoms with Gasteiger partial charge in [0.2, 0.25) is 0 Å². The van der Waals surface area contributed by atoms with E-state index in [0.717, 1.165) is 0 Å². The molecule has 0 amide bonds. The maximum absolute atomic E-state index is 7.25. The second-order valence-electron chi connectivity index (χ2n) is 9.36. The Morgan fingerprint density at radius 1 is 0.926 bits per heavy atom. The molecule has 0 aliphatic carbocycles. The molecule has 4 heteroatoms. The Labute approximate surface area is 172 Å². The van der Waals surface area contributed by atoms with Gasteiger partial charge in [-0.1, -0.05) is 0 Å². The van der Waals surface area contributed by atoms with Crippen molar-refractivity contribution in [1.82, 2.24) is 0 Å². The van der Waals surface area contributed by atoms with E-state index in [1.165, 1.54) is 10.0 Å². The molecule has 27 heavy (non-hydrogen) atoms. The molecule has 0 unspecified atom stereocenters. The Morgan fingerprint density at radius 2 is 1.44 bits per heavy atom. The van der Waals surface area contributed by atoms with Gasteiger partial charge in [-0.15, -0.1) is 0 Å². The second kappa shape index (κ2) is 7.17. The molecule has 0 aromatic heterocycles. The Balaban J connectivity index is 2.07. The number of ether oxygens (including phenoxy) is 1. The van der Waals surface area contributed by atoms with Gasteiger partial charge in [0.15, 0.2) is 0 Å². The molecule has 3 rings (SSSR count). The zero-order valence-electron chi connectivity index (χ0n) is 17.6. The molecule has 1 fully saturated rings. The standard InChI is InChI=1S/C23H32O2SeSi/c1-21(2,3)27(6,7)25-23(26-19-16-12-9-13-17-19)20(24-22(23,4)5)18-14-10-8-11-15-18/h8-17,20H,1-7H3/t20-,23-/m1/s1. The quantitative estimate of drug-likeness (QED) is 0.581. The average molecular weight is 448 g/mol. The van der Waals surface area contributed by atoms with E-state index in [4.69, 9.17) is 9.16 Å². The zero-order valence-corrected chi connectivity index (χ0v) is 20.3. The van der Waals surface area contributed by atoms with Crippen LogP contribution in [0.2, 0.25) is 18.1 Å². The van der Waals surface area contributed by atoms with Gasteiger partial charge in [0.05, 0.1) is 0 Å². The first kappa shape index (κ1) is 20.8. The predicted octanol–water partition coefficient (Wildman–Crippen LogP) is 5.28. The molecule has 2 nitrogen and oxygen atoms in total. The van der Waals surface area contributed by atoms with Crippen molar-refractivity contribution in [3.05, 3.63) is 66.2 Å². The van der Waals surface area contributed by atoms with Crippen LogP contribution in [0.3, 0.4) is 0 Å². The molecular weight excluding hydrogens is 415 g/mol. The summed E-state index contributed by atoms with van der Waals surface area (Å²) < 4.78 is 14.8. The van der Waals surface area contributed by atoms with Crippen LogP contribution in [0.4, 0.5) is 0 Å². The minimum absolute atomic E-state index is 0.0250. The molecule has 1 aliphatic rings. The van der Waals surface area contributed by atoms with E-state index >= 15 is 0 Å². The minimum atomic E-state index is -1.99. The molecule has 0 saturated carbocycles. The molecule has 1 saturated heterocycles. The van der Waals surface area contributed by atoms with E-state index < -0.39 is 8.32 Å². The average Bonchev–Trinajstić information content (AvgIpc) is 2.59.